The predicted molar refractivity (Wildman–Crippen MR) is 119 cm³/mol. The summed E-state index contributed by atoms with van der Waals surface area (Å²) in [4.78, 5) is 17.3. The molecule has 1 saturated heterocycles. The Morgan fingerprint density at radius 1 is 0.857 bits per heavy atom. The summed E-state index contributed by atoms with van der Waals surface area (Å²) in [6.45, 7) is 7.18. The van der Waals surface area contributed by atoms with Crippen LogP contribution in [-0.2, 0) is 19.3 Å². The molecule has 1 saturated carbocycles. The number of rotatable bonds is 5. The topological polar surface area (TPSA) is 52.2 Å². The molecular weight excluding hydrogens is 395 g/mol. The molecule has 0 atom stereocenters. The molecule has 160 valence electrons. The van der Waals surface area contributed by atoms with Crippen LogP contribution in [0.2, 0.25) is 0 Å². The Balaban J connectivity index is 0.00000140. The molecule has 0 aromatic carbocycles. The third-order valence-electron chi connectivity index (χ3n) is 6.75. The minimum atomic E-state index is 0. The van der Waals surface area contributed by atoms with Gasteiger partial charge in [0.2, 0.25) is 0 Å². The van der Waals surface area contributed by atoms with E-state index in [-0.39, 0.29) is 30.4 Å². The van der Waals surface area contributed by atoms with E-state index < -0.39 is 0 Å². The summed E-state index contributed by atoms with van der Waals surface area (Å²) >= 11 is 0. The minimum Gasteiger partial charge on any atom is -0.301 e. The van der Waals surface area contributed by atoms with Crippen molar-refractivity contribution in [3.05, 3.63) is 27.2 Å². The van der Waals surface area contributed by atoms with Crippen LogP contribution in [0.3, 0.4) is 0 Å². The first kappa shape index (κ1) is 23.7. The molecule has 1 N–H and O–H groups in total. The summed E-state index contributed by atoms with van der Waals surface area (Å²) in [6, 6.07) is 0. The maximum Gasteiger partial charge on any atom is 0.267 e. The van der Waals surface area contributed by atoms with Crippen LogP contribution in [0.15, 0.2) is 4.79 Å². The van der Waals surface area contributed by atoms with Crippen LogP contribution < -0.4 is 5.56 Å². The van der Waals surface area contributed by atoms with E-state index in [0.717, 1.165) is 49.4 Å². The fourth-order valence-electron chi connectivity index (χ4n) is 5.13. The highest BCUT2D eigenvalue weighted by molar-refractivity contribution is 5.85. The van der Waals surface area contributed by atoms with Crippen molar-refractivity contribution in [3.8, 4) is 0 Å². The van der Waals surface area contributed by atoms with E-state index in [1.165, 1.54) is 76.8 Å². The van der Waals surface area contributed by atoms with Gasteiger partial charge in [-0.3, -0.25) is 4.79 Å². The van der Waals surface area contributed by atoms with Crippen LogP contribution >= 0.6 is 24.8 Å². The lowest BCUT2D eigenvalue weighted by Crippen LogP contribution is -2.48. The van der Waals surface area contributed by atoms with Gasteiger partial charge < -0.3 is 9.80 Å². The SMILES string of the molecule is Cl.Cl.O=c1[nH]nc(CCN2CCN(CC3CCCCC3)CC2)c2c1CCCC2. The van der Waals surface area contributed by atoms with Gasteiger partial charge in [-0.1, -0.05) is 19.3 Å². The van der Waals surface area contributed by atoms with Gasteiger partial charge in [-0.25, -0.2) is 5.10 Å². The largest absolute Gasteiger partial charge is 0.301 e. The number of halogens is 2. The molecule has 4 rings (SSSR count). The fraction of sp³-hybridized carbons (Fsp3) is 0.810. The second-order valence-electron chi connectivity index (χ2n) is 8.56. The van der Waals surface area contributed by atoms with E-state index in [1.807, 2.05) is 0 Å². The zero-order chi connectivity index (χ0) is 17.8. The first-order valence-electron chi connectivity index (χ1n) is 10.8. The highest BCUT2D eigenvalue weighted by Gasteiger charge is 2.22. The summed E-state index contributed by atoms with van der Waals surface area (Å²) in [5.41, 5.74) is 3.46. The van der Waals surface area contributed by atoms with E-state index in [0.29, 0.717) is 0 Å². The van der Waals surface area contributed by atoms with Gasteiger partial charge in [0.15, 0.2) is 0 Å². The van der Waals surface area contributed by atoms with E-state index in [9.17, 15) is 4.79 Å². The first-order chi connectivity index (χ1) is 12.8. The first-order valence-corrected chi connectivity index (χ1v) is 10.8. The molecule has 7 heteroatoms. The molecular formula is C21H36Cl2N4O. The zero-order valence-electron chi connectivity index (χ0n) is 17.0. The van der Waals surface area contributed by atoms with Crippen molar-refractivity contribution in [3.63, 3.8) is 0 Å². The monoisotopic (exact) mass is 430 g/mol. The summed E-state index contributed by atoms with van der Waals surface area (Å²) < 4.78 is 0. The second kappa shape index (κ2) is 11.5. The van der Waals surface area contributed by atoms with E-state index >= 15 is 0 Å². The number of hydrogen-bond donors (Lipinski definition) is 1. The summed E-state index contributed by atoms with van der Waals surface area (Å²) in [6.07, 6.45) is 12.5. The van der Waals surface area contributed by atoms with Gasteiger partial charge in [0.1, 0.15) is 0 Å². The van der Waals surface area contributed by atoms with Crippen LogP contribution in [0, 0.1) is 5.92 Å². The molecule has 2 aliphatic carbocycles. The van der Waals surface area contributed by atoms with Gasteiger partial charge in [-0.05, 0) is 50.0 Å². The standard InChI is InChI=1S/C21H34N4O.2ClH/c26-21-19-9-5-4-8-18(19)20(22-23-21)10-11-24-12-14-25(15-13-24)16-17-6-2-1-3-7-17;;/h17H,1-16H2,(H,23,26);2*1H. The zero-order valence-corrected chi connectivity index (χ0v) is 18.6. The highest BCUT2D eigenvalue weighted by Crippen LogP contribution is 2.25. The van der Waals surface area contributed by atoms with Gasteiger partial charge in [-0.15, -0.1) is 24.8 Å². The molecule has 3 aliphatic rings. The Morgan fingerprint density at radius 3 is 2.21 bits per heavy atom. The minimum absolute atomic E-state index is 0. The van der Waals surface area contributed by atoms with E-state index in [4.69, 9.17) is 0 Å². The third-order valence-corrected chi connectivity index (χ3v) is 6.75. The number of nitrogens with zero attached hydrogens (tertiary/aromatic N) is 3. The molecule has 0 spiro atoms. The Kier molecular flexibility index (Phi) is 9.75. The normalized spacial score (nSPS) is 21.4. The average molecular weight is 431 g/mol. The van der Waals surface area contributed by atoms with Crippen molar-refractivity contribution >= 4 is 24.8 Å². The van der Waals surface area contributed by atoms with Crippen molar-refractivity contribution in [1.29, 1.82) is 0 Å². The average Bonchev–Trinajstić information content (AvgIpc) is 2.70. The molecule has 2 fully saturated rings. The predicted octanol–water partition coefficient (Wildman–Crippen LogP) is 3.23. The second-order valence-corrected chi connectivity index (χ2v) is 8.56. The quantitative estimate of drug-likeness (QED) is 0.778. The molecule has 1 aliphatic heterocycles. The smallest absolute Gasteiger partial charge is 0.267 e. The van der Waals surface area contributed by atoms with Crippen molar-refractivity contribution in [2.75, 3.05) is 39.3 Å². The van der Waals surface area contributed by atoms with E-state index in [1.54, 1.807) is 0 Å². The number of aromatic amines is 1. The molecule has 2 heterocycles. The Hall–Kier alpha value is -0.620. The van der Waals surface area contributed by atoms with Crippen molar-refractivity contribution in [2.24, 2.45) is 5.92 Å². The highest BCUT2D eigenvalue weighted by atomic mass is 35.5. The number of fused-ring (bicyclic) bond motifs is 1. The summed E-state index contributed by atoms with van der Waals surface area (Å²) in [5, 5.41) is 7.13. The van der Waals surface area contributed by atoms with E-state index in [2.05, 4.69) is 20.0 Å². The number of H-pyrrole nitrogens is 1. The molecule has 0 amide bonds. The van der Waals surface area contributed by atoms with Gasteiger partial charge in [0, 0.05) is 51.3 Å². The lowest BCUT2D eigenvalue weighted by atomic mass is 9.89. The molecule has 1 aromatic rings. The fourth-order valence-corrected chi connectivity index (χ4v) is 5.13. The number of nitrogens with one attached hydrogen (secondary N) is 1. The lowest BCUT2D eigenvalue weighted by Gasteiger charge is -2.37. The van der Waals surface area contributed by atoms with Crippen molar-refractivity contribution in [1.82, 2.24) is 20.0 Å². The molecule has 1 aromatic heterocycles. The van der Waals surface area contributed by atoms with Gasteiger partial charge >= 0.3 is 0 Å². The molecule has 28 heavy (non-hydrogen) atoms. The van der Waals surface area contributed by atoms with Gasteiger partial charge in [-0.2, -0.15) is 5.10 Å². The maximum absolute atomic E-state index is 12.0. The number of piperazine rings is 1. The molecule has 0 unspecified atom stereocenters. The molecule has 0 bridgehead atoms. The number of aromatic nitrogens is 2. The Labute approximate surface area is 181 Å². The van der Waals surface area contributed by atoms with Gasteiger partial charge in [0.05, 0.1) is 5.69 Å². The third kappa shape index (κ3) is 5.94. The van der Waals surface area contributed by atoms with Crippen molar-refractivity contribution in [2.45, 2.75) is 64.2 Å². The lowest BCUT2D eigenvalue weighted by molar-refractivity contribution is 0.110. The van der Waals surface area contributed by atoms with Gasteiger partial charge in [0.25, 0.3) is 5.56 Å². The maximum atomic E-state index is 12.0. The van der Waals surface area contributed by atoms with Crippen LogP contribution in [0.1, 0.15) is 61.8 Å². The molecule has 0 radical (unpaired) electrons. The Bertz CT molecular complexity index is 652. The van der Waals surface area contributed by atoms with Crippen LogP contribution in [0.5, 0.6) is 0 Å². The van der Waals surface area contributed by atoms with Crippen molar-refractivity contribution < 1.29 is 0 Å². The van der Waals surface area contributed by atoms with Crippen LogP contribution in [0.25, 0.3) is 0 Å². The molecule has 5 nitrogen and oxygen atoms in total. The summed E-state index contributed by atoms with van der Waals surface area (Å²) in [5.74, 6) is 0.951. The Morgan fingerprint density at radius 2 is 1.50 bits per heavy atom. The number of hydrogen-bond acceptors (Lipinski definition) is 4. The van der Waals surface area contributed by atoms with Crippen LogP contribution in [-0.4, -0.2) is 59.3 Å². The summed E-state index contributed by atoms with van der Waals surface area (Å²) in [7, 11) is 0. The van der Waals surface area contributed by atoms with Crippen LogP contribution in [0.4, 0.5) is 0 Å².